The number of fused-ring (bicyclic) bond motifs is 2. The molecule has 2 aliphatic rings. The highest BCUT2D eigenvalue weighted by atomic mass is 16.5. The fraction of sp³-hybridized carbons (Fsp3) is 0.355. The quantitative estimate of drug-likeness (QED) is 0.394. The van der Waals surface area contributed by atoms with E-state index in [1.165, 1.54) is 5.57 Å². The van der Waals surface area contributed by atoms with Crippen LogP contribution in [0.1, 0.15) is 60.7 Å². The molecule has 38 heavy (non-hydrogen) atoms. The Hall–Kier alpha value is -3.84. The van der Waals surface area contributed by atoms with E-state index in [1.54, 1.807) is 11.9 Å². The Kier molecular flexibility index (Phi) is 8.37. The van der Waals surface area contributed by atoms with E-state index in [2.05, 4.69) is 56.5 Å². The second kappa shape index (κ2) is 11.7. The van der Waals surface area contributed by atoms with E-state index in [9.17, 15) is 9.59 Å². The maximum absolute atomic E-state index is 13.6. The number of ether oxygens (including phenoxy) is 1. The number of aryl methyl sites for hydroxylation is 1. The van der Waals surface area contributed by atoms with Crippen LogP contribution in [0, 0.1) is 6.92 Å². The number of carboxylic acids is 1. The molecule has 1 aliphatic heterocycles. The molecule has 1 atom stereocenters. The molecule has 1 unspecified atom stereocenters. The summed E-state index contributed by atoms with van der Waals surface area (Å²) < 4.78 is 6.51. The lowest BCUT2D eigenvalue weighted by Crippen LogP contribution is -2.32. The minimum absolute atomic E-state index is 0.0257. The van der Waals surface area contributed by atoms with Crippen molar-refractivity contribution < 1.29 is 19.4 Å². The summed E-state index contributed by atoms with van der Waals surface area (Å²) in [5.41, 5.74) is 7.54. The van der Waals surface area contributed by atoms with Gasteiger partial charge < -0.3 is 25.4 Å². The van der Waals surface area contributed by atoms with Gasteiger partial charge in [-0.2, -0.15) is 0 Å². The molecule has 1 aliphatic carbocycles. The number of carbonyl (C=O) groups excluding carboxylic acids is 1. The Morgan fingerprint density at radius 2 is 1.84 bits per heavy atom. The summed E-state index contributed by atoms with van der Waals surface area (Å²) in [5, 5.41) is 15.9. The molecule has 0 fully saturated rings. The Morgan fingerprint density at radius 1 is 1.08 bits per heavy atom. The van der Waals surface area contributed by atoms with Crippen molar-refractivity contribution in [2.24, 2.45) is 0 Å². The van der Waals surface area contributed by atoms with Gasteiger partial charge in [0.1, 0.15) is 11.5 Å². The van der Waals surface area contributed by atoms with Crippen LogP contribution < -0.4 is 15.4 Å². The monoisotopic (exact) mass is 515 g/mol. The number of rotatable bonds is 10. The largest absolute Gasteiger partial charge is 0.481 e. The zero-order chi connectivity index (χ0) is 27.4. The van der Waals surface area contributed by atoms with E-state index in [1.807, 2.05) is 30.3 Å². The first-order valence-corrected chi connectivity index (χ1v) is 13.3. The smallest absolute Gasteiger partial charge is 0.303 e. The van der Waals surface area contributed by atoms with Crippen molar-refractivity contribution >= 4 is 23.1 Å². The van der Waals surface area contributed by atoms with Crippen molar-refractivity contribution in [2.45, 2.75) is 46.6 Å². The Balaban J connectivity index is 1.88. The summed E-state index contributed by atoms with van der Waals surface area (Å²) in [6.45, 7) is 10.3. The van der Waals surface area contributed by atoms with Gasteiger partial charge in [-0.15, -0.1) is 0 Å². The molecule has 7 nitrogen and oxygen atoms in total. The molecular formula is C31H37N3O4. The predicted octanol–water partition coefficient (Wildman–Crippen LogP) is 5.38. The number of likely N-dealkylation sites (N-methyl/N-ethyl adjacent to an activating group) is 1. The molecule has 0 saturated heterocycles. The van der Waals surface area contributed by atoms with Gasteiger partial charge in [0.15, 0.2) is 0 Å². The van der Waals surface area contributed by atoms with Crippen molar-refractivity contribution in [3.8, 4) is 5.75 Å². The van der Waals surface area contributed by atoms with Crippen molar-refractivity contribution in [1.29, 1.82) is 0 Å². The van der Waals surface area contributed by atoms with Crippen molar-refractivity contribution in [3.05, 3.63) is 87.7 Å². The number of nitrogens with one attached hydrogen (secondary N) is 2. The average Bonchev–Trinajstić information content (AvgIpc) is 2.88. The normalized spacial score (nSPS) is 16.1. The van der Waals surface area contributed by atoms with Gasteiger partial charge in [0.25, 0.3) is 5.91 Å². The van der Waals surface area contributed by atoms with E-state index in [0.717, 1.165) is 58.1 Å². The summed E-state index contributed by atoms with van der Waals surface area (Å²) in [6.07, 6.45) is 4.70. The van der Waals surface area contributed by atoms with Crippen LogP contribution in [0.25, 0.3) is 5.57 Å². The molecule has 1 heterocycles. The van der Waals surface area contributed by atoms with Gasteiger partial charge in [-0.05, 0) is 69.1 Å². The van der Waals surface area contributed by atoms with E-state index in [4.69, 9.17) is 9.84 Å². The summed E-state index contributed by atoms with van der Waals surface area (Å²) in [7, 11) is 1.72. The van der Waals surface area contributed by atoms with Gasteiger partial charge in [0.05, 0.1) is 6.04 Å². The minimum atomic E-state index is -0.862. The molecule has 4 rings (SSSR count). The molecule has 2 aromatic rings. The highest BCUT2D eigenvalue weighted by Crippen LogP contribution is 2.46. The Morgan fingerprint density at radius 3 is 2.55 bits per heavy atom. The molecule has 1 amide bonds. The van der Waals surface area contributed by atoms with Crippen molar-refractivity contribution in [3.63, 3.8) is 0 Å². The van der Waals surface area contributed by atoms with Crippen LogP contribution in [0.2, 0.25) is 0 Å². The Bertz CT molecular complexity index is 1340. The SMILES string of the molecule is CCNc1cc2c(cc1C)C(c1ccccc1C(=O)N(C)CCCC(=O)O)=C1C=C(C)C(NCC)C=C1O2. The summed E-state index contributed by atoms with van der Waals surface area (Å²) in [6, 6.07) is 11.9. The standard InChI is InChI=1S/C31H37N3O4/c1-6-32-25-17-27-23(15-19(25)3)30(24-16-20(4)26(33-7-2)18-28(24)38-27)21-11-8-9-12-22(21)31(37)34(5)14-10-13-29(35)36/h8-9,11-12,15-18,25,32-33H,6-7,10,13-14H2,1-5H3,(H,35,36). The highest BCUT2D eigenvalue weighted by Gasteiger charge is 2.31. The van der Waals surface area contributed by atoms with Gasteiger partial charge in [0, 0.05) is 60.6 Å². The number of allylic oxidation sites excluding steroid dienone is 1. The molecule has 0 radical (unpaired) electrons. The number of hydrogen-bond acceptors (Lipinski definition) is 5. The number of benzene rings is 2. The molecule has 0 bridgehead atoms. The summed E-state index contributed by atoms with van der Waals surface area (Å²) in [4.78, 5) is 26.2. The molecule has 0 saturated carbocycles. The number of nitrogens with zero attached hydrogens (tertiary/aromatic N) is 1. The van der Waals surface area contributed by atoms with Gasteiger partial charge >= 0.3 is 5.97 Å². The average molecular weight is 516 g/mol. The van der Waals surface area contributed by atoms with Gasteiger partial charge in [-0.25, -0.2) is 0 Å². The third kappa shape index (κ3) is 5.53. The zero-order valence-corrected chi connectivity index (χ0v) is 22.9. The third-order valence-corrected chi connectivity index (χ3v) is 6.98. The van der Waals surface area contributed by atoms with Crippen LogP contribution in [-0.4, -0.2) is 54.6 Å². The zero-order valence-electron chi connectivity index (χ0n) is 22.9. The van der Waals surface area contributed by atoms with Crippen LogP contribution in [0.15, 0.2) is 65.5 Å². The Labute approximate surface area is 224 Å². The lowest BCUT2D eigenvalue weighted by atomic mass is 9.83. The molecule has 0 aromatic heterocycles. The number of carbonyl (C=O) groups is 2. The fourth-order valence-corrected chi connectivity index (χ4v) is 5.05. The lowest BCUT2D eigenvalue weighted by Gasteiger charge is -2.32. The van der Waals surface area contributed by atoms with Crippen LogP contribution in [-0.2, 0) is 4.79 Å². The molecule has 7 heteroatoms. The van der Waals surface area contributed by atoms with E-state index < -0.39 is 5.97 Å². The summed E-state index contributed by atoms with van der Waals surface area (Å²) >= 11 is 0. The highest BCUT2D eigenvalue weighted by molar-refractivity contribution is 6.03. The first kappa shape index (κ1) is 27.2. The maximum atomic E-state index is 13.6. The van der Waals surface area contributed by atoms with Gasteiger partial charge in [-0.1, -0.05) is 30.7 Å². The van der Waals surface area contributed by atoms with E-state index >= 15 is 0 Å². The third-order valence-electron chi connectivity index (χ3n) is 6.98. The van der Waals surface area contributed by atoms with Crippen molar-refractivity contribution in [2.75, 3.05) is 32.0 Å². The number of carboxylic acid groups (broad SMARTS) is 1. The predicted molar refractivity (Wildman–Crippen MR) is 152 cm³/mol. The first-order valence-electron chi connectivity index (χ1n) is 13.3. The number of aliphatic carboxylic acids is 1. The molecule has 2 aromatic carbocycles. The topological polar surface area (TPSA) is 90.9 Å². The van der Waals surface area contributed by atoms with Crippen LogP contribution in [0.4, 0.5) is 5.69 Å². The lowest BCUT2D eigenvalue weighted by molar-refractivity contribution is -0.137. The number of hydrogen-bond donors (Lipinski definition) is 3. The van der Waals surface area contributed by atoms with Gasteiger partial charge in [-0.3, -0.25) is 9.59 Å². The van der Waals surface area contributed by atoms with Gasteiger partial charge in [0.2, 0.25) is 0 Å². The maximum Gasteiger partial charge on any atom is 0.303 e. The molecule has 200 valence electrons. The fourth-order valence-electron chi connectivity index (χ4n) is 5.05. The molecule has 3 N–H and O–H groups in total. The number of anilines is 1. The first-order chi connectivity index (χ1) is 18.2. The molecular weight excluding hydrogens is 478 g/mol. The second-order valence-corrected chi connectivity index (χ2v) is 9.81. The second-order valence-electron chi connectivity index (χ2n) is 9.81. The number of amides is 1. The van der Waals surface area contributed by atoms with Crippen LogP contribution >= 0.6 is 0 Å². The van der Waals surface area contributed by atoms with E-state index in [-0.39, 0.29) is 18.4 Å². The minimum Gasteiger partial charge on any atom is -0.481 e. The summed E-state index contributed by atoms with van der Waals surface area (Å²) in [5.74, 6) is 0.517. The van der Waals surface area contributed by atoms with Crippen LogP contribution in [0.5, 0.6) is 5.75 Å². The van der Waals surface area contributed by atoms with Crippen molar-refractivity contribution in [1.82, 2.24) is 10.2 Å². The van der Waals surface area contributed by atoms with E-state index in [0.29, 0.717) is 18.5 Å². The molecule has 0 spiro atoms. The van der Waals surface area contributed by atoms with Crippen LogP contribution in [0.3, 0.4) is 0 Å².